The maximum absolute atomic E-state index is 11.4. The van der Waals surface area contributed by atoms with Crippen molar-refractivity contribution in [3.8, 4) is 0 Å². The first-order valence-corrected chi connectivity index (χ1v) is 4.81. The molecule has 0 saturated carbocycles. The lowest BCUT2D eigenvalue weighted by atomic mass is 10.1. The third-order valence-corrected chi connectivity index (χ3v) is 2.55. The van der Waals surface area contributed by atoms with Crippen LogP contribution >= 0.6 is 0 Å². The van der Waals surface area contributed by atoms with Crippen LogP contribution in [0.4, 0.5) is 0 Å². The van der Waals surface area contributed by atoms with Crippen molar-refractivity contribution >= 4 is 16.9 Å². The highest BCUT2D eigenvalue weighted by Crippen LogP contribution is 2.14. The van der Waals surface area contributed by atoms with Crippen LogP contribution in [-0.2, 0) is 11.8 Å². The number of aryl methyl sites for hydroxylation is 1. The Kier molecular flexibility index (Phi) is 2.48. The van der Waals surface area contributed by atoms with Crippen LogP contribution in [0.3, 0.4) is 0 Å². The van der Waals surface area contributed by atoms with Gasteiger partial charge in [-0.1, -0.05) is 6.07 Å². The molecule has 16 heavy (non-hydrogen) atoms. The minimum Gasteiger partial charge on any atom is -0.465 e. The monoisotopic (exact) mass is 217 g/mol. The van der Waals surface area contributed by atoms with Crippen LogP contribution in [0.1, 0.15) is 10.4 Å². The predicted molar refractivity (Wildman–Crippen MR) is 60.5 cm³/mol. The number of carbonyl (C=O) groups is 1. The topological polar surface area (TPSA) is 48.3 Å². The molecule has 0 aliphatic rings. The van der Waals surface area contributed by atoms with Crippen molar-refractivity contribution in [3.63, 3.8) is 0 Å². The van der Waals surface area contributed by atoms with Gasteiger partial charge in [-0.15, -0.1) is 0 Å². The average Bonchev–Trinajstić information content (AvgIpc) is 2.32. The molecule has 2 aromatic rings. The van der Waals surface area contributed by atoms with Gasteiger partial charge in [0.05, 0.1) is 18.2 Å². The van der Waals surface area contributed by atoms with E-state index < -0.39 is 5.97 Å². The summed E-state index contributed by atoms with van der Waals surface area (Å²) in [5.74, 6) is -0.404. The van der Waals surface area contributed by atoms with Crippen molar-refractivity contribution < 1.29 is 9.53 Å². The van der Waals surface area contributed by atoms with Crippen LogP contribution in [0.2, 0.25) is 0 Å². The SMILES string of the molecule is COC(=O)c1ccc2ccc(=O)n(C)c2c1. The molecule has 2 rings (SSSR count). The van der Waals surface area contributed by atoms with Crippen LogP contribution in [0.5, 0.6) is 0 Å². The lowest BCUT2D eigenvalue weighted by molar-refractivity contribution is 0.0601. The number of esters is 1. The lowest BCUT2D eigenvalue weighted by Gasteiger charge is -2.05. The summed E-state index contributed by atoms with van der Waals surface area (Å²) in [6, 6.07) is 8.36. The molecule has 4 heteroatoms. The Labute approximate surface area is 92.1 Å². The molecule has 0 unspecified atom stereocenters. The second-order valence-electron chi connectivity index (χ2n) is 3.50. The van der Waals surface area contributed by atoms with E-state index in [1.165, 1.54) is 17.7 Å². The van der Waals surface area contributed by atoms with E-state index >= 15 is 0 Å². The van der Waals surface area contributed by atoms with Crippen molar-refractivity contribution in [2.45, 2.75) is 0 Å². The number of hydrogen-bond acceptors (Lipinski definition) is 3. The van der Waals surface area contributed by atoms with Gasteiger partial charge in [0, 0.05) is 13.1 Å². The van der Waals surface area contributed by atoms with E-state index in [9.17, 15) is 9.59 Å². The Morgan fingerprint density at radius 1 is 1.25 bits per heavy atom. The van der Waals surface area contributed by atoms with Crippen molar-refractivity contribution in [1.29, 1.82) is 0 Å². The van der Waals surface area contributed by atoms with E-state index in [0.717, 1.165) is 10.9 Å². The maximum atomic E-state index is 11.4. The highest BCUT2D eigenvalue weighted by molar-refractivity contribution is 5.94. The molecule has 0 radical (unpaired) electrons. The number of pyridine rings is 1. The Morgan fingerprint density at radius 2 is 1.94 bits per heavy atom. The third kappa shape index (κ3) is 1.58. The van der Waals surface area contributed by atoms with Crippen molar-refractivity contribution in [2.75, 3.05) is 7.11 Å². The first-order valence-electron chi connectivity index (χ1n) is 4.81. The van der Waals surface area contributed by atoms with Crippen LogP contribution in [-0.4, -0.2) is 17.6 Å². The van der Waals surface area contributed by atoms with Gasteiger partial charge in [0.1, 0.15) is 0 Å². The van der Waals surface area contributed by atoms with E-state index in [1.807, 2.05) is 0 Å². The molecule has 82 valence electrons. The first-order chi connectivity index (χ1) is 7.63. The molecule has 0 atom stereocenters. The molecule has 1 aromatic carbocycles. The largest absolute Gasteiger partial charge is 0.465 e. The van der Waals surface area contributed by atoms with Crippen molar-refractivity contribution in [2.24, 2.45) is 7.05 Å². The quantitative estimate of drug-likeness (QED) is 0.677. The molecule has 0 N–H and O–H groups in total. The van der Waals surface area contributed by atoms with Gasteiger partial charge in [-0.25, -0.2) is 4.79 Å². The number of carbonyl (C=O) groups excluding carboxylic acids is 1. The summed E-state index contributed by atoms with van der Waals surface area (Å²) in [5, 5.41) is 0.912. The number of methoxy groups -OCH3 is 1. The smallest absolute Gasteiger partial charge is 0.337 e. The Bertz CT molecular complexity index is 613. The lowest BCUT2D eigenvalue weighted by Crippen LogP contribution is -2.15. The third-order valence-electron chi connectivity index (χ3n) is 2.55. The highest BCUT2D eigenvalue weighted by Gasteiger charge is 2.07. The summed E-state index contributed by atoms with van der Waals surface area (Å²) in [6.45, 7) is 0. The van der Waals surface area contributed by atoms with Crippen LogP contribution < -0.4 is 5.56 Å². The zero-order valence-corrected chi connectivity index (χ0v) is 9.06. The van der Waals surface area contributed by atoms with Crippen molar-refractivity contribution in [3.05, 3.63) is 46.2 Å². The normalized spacial score (nSPS) is 10.4. The summed E-state index contributed by atoms with van der Waals surface area (Å²) < 4.78 is 6.13. The number of nitrogens with zero attached hydrogens (tertiary/aromatic N) is 1. The van der Waals surface area contributed by atoms with Gasteiger partial charge in [0.2, 0.25) is 0 Å². The Hall–Kier alpha value is -2.10. The summed E-state index contributed by atoms with van der Waals surface area (Å²) in [5.41, 5.74) is 1.06. The fourth-order valence-corrected chi connectivity index (χ4v) is 1.61. The van der Waals surface area contributed by atoms with Gasteiger partial charge >= 0.3 is 5.97 Å². The number of fused-ring (bicyclic) bond motifs is 1. The van der Waals surface area contributed by atoms with Gasteiger partial charge in [-0.05, 0) is 23.6 Å². The molecule has 0 bridgehead atoms. The molecule has 1 aromatic heterocycles. The van der Waals surface area contributed by atoms with E-state index in [2.05, 4.69) is 4.74 Å². The number of rotatable bonds is 1. The number of aromatic nitrogens is 1. The van der Waals surface area contributed by atoms with Gasteiger partial charge in [0.25, 0.3) is 5.56 Å². The molecule has 0 fully saturated rings. The summed E-state index contributed by atoms with van der Waals surface area (Å²) in [4.78, 5) is 22.8. The van der Waals surface area contributed by atoms with Crippen LogP contribution in [0, 0.1) is 0 Å². The van der Waals surface area contributed by atoms with E-state index in [-0.39, 0.29) is 5.56 Å². The van der Waals surface area contributed by atoms with Crippen LogP contribution in [0.25, 0.3) is 10.9 Å². The zero-order valence-electron chi connectivity index (χ0n) is 9.06. The summed E-state index contributed by atoms with van der Waals surface area (Å²) in [7, 11) is 3.00. The molecule has 0 aliphatic heterocycles. The van der Waals surface area contributed by atoms with E-state index in [4.69, 9.17) is 0 Å². The molecule has 0 saturated heterocycles. The second-order valence-corrected chi connectivity index (χ2v) is 3.50. The van der Waals surface area contributed by atoms with E-state index in [0.29, 0.717) is 5.56 Å². The average molecular weight is 217 g/mol. The standard InChI is InChI=1S/C12H11NO3/c1-13-10-7-9(12(15)16-2)4-3-8(10)5-6-11(13)14/h3-7H,1-2H3. The number of benzene rings is 1. The van der Waals surface area contributed by atoms with E-state index in [1.54, 1.807) is 31.3 Å². The minimum atomic E-state index is -0.404. The van der Waals surface area contributed by atoms with Crippen LogP contribution in [0.15, 0.2) is 35.1 Å². The second kappa shape index (κ2) is 3.81. The van der Waals surface area contributed by atoms with Crippen molar-refractivity contribution in [1.82, 2.24) is 4.57 Å². The predicted octanol–water partition coefficient (Wildman–Crippen LogP) is 1.33. The molecule has 4 nitrogen and oxygen atoms in total. The molecule has 1 heterocycles. The molecule has 0 amide bonds. The van der Waals surface area contributed by atoms with Gasteiger partial charge in [-0.3, -0.25) is 4.79 Å². The molecular formula is C12H11NO3. The first kappa shape index (κ1) is 10.4. The fraction of sp³-hybridized carbons (Fsp3) is 0.167. The van der Waals surface area contributed by atoms with Gasteiger partial charge in [0.15, 0.2) is 0 Å². The molecule has 0 spiro atoms. The molecular weight excluding hydrogens is 206 g/mol. The van der Waals surface area contributed by atoms with Gasteiger partial charge < -0.3 is 9.30 Å². The summed E-state index contributed by atoms with van der Waals surface area (Å²) >= 11 is 0. The van der Waals surface area contributed by atoms with Gasteiger partial charge in [-0.2, -0.15) is 0 Å². The zero-order chi connectivity index (χ0) is 11.7. The number of ether oxygens (including phenoxy) is 1. The molecule has 0 aliphatic carbocycles. The fourth-order valence-electron chi connectivity index (χ4n) is 1.61. The maximum Gasteiger partial charge on any atom is 0.337 e. The number of hydrogen-bond donors (Lipinski definition) is 0. The minimum absolute atomic E-state index is 0.102. The Balaban J connectivity index is 2.74. The highest BCUT2D eigenvalue weighted by atomic mass is 16.5. The Morgan fingerprint density at radius 3 is 2.62 bits per heavy atom. The summed E-state index contributed by atoms with van der Waals surface area (Å²) in [6.07, 6.45) is 0.